The van der Waals surface area contributed by atoms with Crippen molar-refractivity contribution in [1.82, 2.24) is 9.55 Å². The van der Waals surface area contributed by atoms with Gasteiger partial charge >= 0.3 is 0 Å². The Balaban J connectivity index is 1.95. The second-order valence-corrected chi connectivity index (χ2v) is 4.81. The molecule has 0 saturated carbocycles. The fourth-order valence-electron chi connectivity index (χ4n) is 1.50. The predicted octanol–water partition coefficient (Wildman–Crippen LogP) is 2.51. The maximum Gasteiger partial charge on any atom is 0.270 e. The van der Waals surface area contributed by atoms with Gasteiger partial charge in [-0.1, -0.05) is 0 Å². The SMILES string of the molecule is O=[N+]([O-])c1ccc(NCCn2ccnc2)c(I)c1. The molecular formula is C11H11IN4O2. The Hall–Kier alpha value is -1.64. The third-order valence-electron chi connectivity index (χ3n) is 2.41. The van der Waals surface area contributed by atoms with E-state index in [0.29, 0.717) is 0 Å². The number of nitrogens with one attached hydrogen (secondary N) is 1. The Morgan fingerprint density at radius 1 is 1.50 bits per heavy atom. The number of non-ortho nitro benzene ring substituents is 1. The highest BCUT2D eigenvalue weighted by Gasteiger charge is 2.08. The summed E-state index contributed by atoms with van der Waals surface area (Å²) in [6.45, 7) is 1.54. The predicted molar refractivity (Wildman–Crippen MR) is 76.5 cm³/mol. The van der Waals surface area contributed by atoms with Crippen LogP contribution in [0.15, 0.2) is 36.9 Å². The molecule has 0 aliphatic rings. The van der Waals surface area contributed by atoms with E-state index in [2.05, 4.69) is 32.9 Å². The van der Waals surface area contributed by atoms with Crippen LogP contribution in [0.1, 0.15) is 0 Å². The molecule has 1 N–H and O–H groups in total. The minimum atomic E-state index is -0.391. The topological polar surface area (TPSA) is 73.0 Å². The summed E-state index contributed by atoms with van der Waals surface area (Å²) in [5.41, 5.74) is 1.01. The van der Waals surface area contributed by atoms with Crippen molar-refractivity contribution in [2.24, 2.45) is 0 Å². The first kappa shape index (κ1) is 12.8. The minimum Gasteiger partial charge on any atom is -0.382 e. The molecule has 0 radical (unpaired) electrons. The molecular weight excluding hydrogens is 347 g/mol. The van der Waals surface area contributed by atoms with Crippen LogP contribution in [-0.2, 0) is 6.54 Å². The summed E-state index contributed by atoms with van der Waals surface area (Å²) in [5, 5.41) is 13.8. The molecule has 0 spiro atoms. The Morgan fingerprint density at radius 2 is 2.33 bits per heavy atom. The molecule has 1 aromatic carbocycles. The number of imidazole rings is 1. The zero-order chi connectivity index (χ0) is 13.0. The van der Waals surface area contributed by atoms with Gasteiger partial charge in [-0.3, -0.25) is 10.1 Å². The van der Waals surface area contributed by atoms with Gasteiger partial charge in [0.05, 0.1) is 11.3 Å². The fourth-order valence-corrected chi connectivity index (χ4v) is 2.19. The third-order valence-corrected chi connectivity index (χ3v) is 3.30. The van der Waals surface area contributed by atoms with Gasteiger partial charge in [0.2, 0.25) is 0 Å². The summed E-state index contributed by atoms with van der Waals surface area (Å²) in [6.07, 6.45) is 5.38. The average Bonchev–Trinajstić information content (AvgIpc) is 2.84. The monoisotopic (exact) mass is 358 g/mol. The minimum absolute atomic E-state index is 0.111. The number of nitro benzene ring substituents is 1. The number of rotatable bonds is 5. The summed E-state index contributed by atoms with van der Waals surface area (Å²) >= 11 is 2.09. The summed E-state index contributed by atoms with van der Waals surface area (Å²) in [4.78, 5) is 14.2. The van der Waals surface area contributed by atoms with Gasteiger partial charge < -0.3 is 9.88 Å². The third kappa shape index (κ3) is 3.19. The molecule has 0 aliphatic carbocycles. The number of anilines is 1. The first-order chi connectivity index (χ1) is 8.66. The lowest BCUT2D eigenvalue weighted by Gasteiger charge is -2.08. The Labute approximate surface area is 117 Å². The summed E-state index contributed by atoms with van der Waals surface area (Å²) in [6, 6.07) is 4.79. The molecule has 94 valence electrons. The Morgan fingerprint density at radius 3 is 2.94 bits per heavy atom. The first-order valence-corrected chi connectivity index (χ1v) is 6.38. The van der Waals surface area contributed by atoms with Gasteiger partial charge in [-0.15, -0.1) is 0 Å². The standard InChI is InChI=1S/C11H11IN4O2/c12-10-7-9(16(17)18)1-2-11(10)14-4-6-15-5-3-13-8-15/h1-3,5,7-8,14H,4,6H2. The Bertz CT molecular complexity index is 542. The highest BCUT2D eigenvalue weighted by atomic mass is 127. The van der Waals surface area contributed by atoms with E-state index in [0.717, 1.165) is 22.3 Å². The maximum atomic E-state index is 10.6. The van der Waals surface area contributed by atoms with Crippen LogP contribution in [0.4, 0.5) is 11.4 Å². The Kier molecular flexibility index (Phi) is 4.13. The number of nitro groups is 1. The van der Waals surface area contributed by atoms with E-state index in [9.17, 15) is 10.1 Å². The van der Waals surface area contributed by atoms with Crippen LogP contribution >= 0.6 is 22.6 Å². The van der Waals surface area contributed by atoms with E-state index in [1.807, 2.05) is 10.8 Å². The molecule has 0 fully saturated rings. The number of hydrogen-bond donors (Lipinski definition) is 1. The molecule has 6 nitrogen and oxygen atoms in total. The van der Waals surface area contributed by atoms with Crippen molar-refractivity contribution in [1.29, 1.82) is 0 Å². The van der Waals surface area contributed by atoms with Gasteiger partial charge in [-0.2, -0.15) is 0 Å². The van der Waals surface area contributed by atoms with Crippen molar-refractivity contribution in [3.8, 4) is 0 Å². The van der Waals surface area contributed by atoms with Gasteiger partial charge in [0, 0.05) is 46.9 Å². The van der Waals surface area contributed by atoms with E-state index in [1.165, 1.54) is 6.07 Å². The van der Waals surface area contributed by atoms with E-state index >= 15 is 0 Å². The van der Waals surface area contributed by atoms with E-state index in [1.54, 1.807) is 24.7 Å². The molecule has 2 aromatic rings. The molecule has 1 aromatic heterocycles. The van der Waals surface area contributed by atoms with Crippen LogP contribution in [0.5, 0.6) is 0 Å². The highest BCUT2D eigenvalue weighted by Crippen LogP contribution is 2.23. The molecule has 18 heavy (non-hydrogen) atoms. The maximum absolute atomic E-state index is 10.6. The first-order valence-electron chi connectivity index (χ1n) is 5.30. The van der Waals surface area contributed by atoms with E-state index < -0.39 is 4.92 Å². The molecule has 0 amide bonds. The second kappa shape index (κ2) is 5.80. The lowest BCUT2D eigenvalue weighted by Crippen LogP contribution is -2.10. The quantitative estimate of drug-likeness (QED) is 0.507. The van der Waals surface area contributed by atoms with Gasteiger partial charge in [-0.05, 0) is 28.7 Å². The van der Waals surface area contributed by atoms with Gasteiger partial charge in [0.25, 0.3) is 5.69 Å². The number of halogens is 1. The van der Waals surface area contributed by atoms with Crippen molar-refractivity contribution < 1.29 is 4.92 Å². The molecule has 0 atom stereocenters. The van der Waals surface area contributed by atoms with E-state index in [-0.39, 0.29) is 5.69 Å². The largest absolute Gasteiger partial charge is 0.382 e. The normalized spacial score (nSPS) is 10.3. The van der Waals surface area contributed by atoms with Crippen molar-refractivity contribution in [2.45, 2.75) is 6.54 Å². The molecule has 0 bridgehead atoms. The lowest BCUT2D eigenvalue weighted by atomic mass is 10.3. The zero-order valence-electron chi connectivity index (χ0n) is 9.41. The van der Waals surface area contributed by atoms with Crippen LogP contribution in [0.25, 0.3) is 0 Å². The number of benzene rings is 1. The van der Waals surface area contributed by atoms with Crippen LogP contribution in [0.2, 0.25) is 0 Å². The summed E-state index contributed by atoms with van der Waals surface area (Å²) < 4.78 is 2.80. The second-order valence-electron chi connectivity index (χ2n) is 3.65. The van der Waals surface area contributed by atoms with Crippen LogP contribution in [0.3, 0.4) is 0 Å². The number of nitrogens with zero attached hydrogens (tertiary/aromatic N) is 3. The molecule has 2 rings (SSSR count). The van der Waals surface area contributed by atoms with Crippen molar-refractivity contribution in [3.05, 3.63) is 50.6 Å². The van der Waals surface area contributed by atoms with Crippen LogP contribution in [0, 0.1) is 13.7 Å². The summed E-state index contributed by atoms with van der Waals surface area (Å²) in [7, 11) is 0. The smallest absolute Gasteiger partial charge is 0.270 e. The van der Waals surface area contributed by atoms with Gasteiger partial charge in [0.1, 0.15) is 0 Å². The molecule has 0 saturated heterocycles. The van der Waals surface area contributed by atoms with Crippen LogP contribution in [-0.4, -0.2) is 21.0 Å². The zero-order valence-corrected chi connectivity index (χ0v) is 11.6. The fraction of sp³-hybridized carbons (Fsp3) is 0.182. The number of hydrogen-bond acceptors (Lipinski definition) is 4. The summed E-state index contributed by atoms with van der Waals surface area (Å²) in [5.74, 6) is 0. The molecule has 1 heterocycles. The van der Waals surface area contributed by atoms with E-state index in [4.69, 9.17) is 0 Å². The molecule has 7 heteroatoms. The highest BCUT2D eigenvalue weighted by molar-refractivity contribution is 14.1. The van der Waals surface area contributed by atoms with Crippen LogP contribution < -0.4 is 5.32 Å². The van der Waals surface area contributed by atoms with Gasteiger partial charge in [-0.25, -0.2) is 4.98 Å². The molecule has 0 aliphatic heterocycles. The lowest BCUT2D eigenvalue weighted by molar-refractivity contribution is -0.384. The number of aromatic nitrogens is 2. The van der Waals surface area contributed by atoms with Crippen molar-refractivity contribution >= 4 is 34.0 Å². The average molecular weight is 358 g/mol. The van der Waals surface area contributed by atoms with Crippen molar-refractivity contribution in [2.75, 3.05) is 11.9 Å². The van der Waals surface area contributed by atoms with Crippen molar-refractivity contribution in [3.63, 3.8) is 0 Å². The molecule has 0 unspecified atom stereocenters. The van der Waals surface area contributed by atoms with Gasteiger partial charge in [0.15, 0.2) is 0 Å².